The predicted octanol–water partition coefficient (Wildman–Crippen LogP) is 3.63. The van der Waals surface area contributed by atoms with Gasteiger partial charge in [-0.05, 0) is 31.2 Å². The van der Waals surface area contributed by atoms with Crippen molar-refractivity contribution >= 4 is 22.9 Å². The Morgan fingerprint density at radius 1 is 1.16 bits per heavy atom. The summed E-state index contributed by atoms with van der Waals surface area (Å²) in [6.07, 6.45) is 6.44. The number of aromatic nitrogens is 3. The maximum absolute atomic E-state index is 13.3. The Kier molecular flexibility index (Phi) is 8.35. The lowest BCUT2D eigenvalue weighted by Crippen LogP contribution is -2.34. The Morgan fingerprint density at radius 2 is 1.91 bits per heavy atom. The van der Waals surface area contributed by atoms with Crippen molar-refractivity contribution in [2.45, 2.75) is 33.0 Å². The fourth-order valence-electron chi connectivity index (χ4n) is 3.50. The first-order valence-corrected chi connectivity index (χ1v) is 11.5. The summed E-state index contributed by atoms with van der Waals surface area (Å²) in [6.45, 7) is 7.72. The molecule has 0 aliphatic rings. The van der Waals surface area contributed by atoms with Gasteiger partial charge in [-0.15, -0.1) is 11.3 Å². The zero-order valence-corrected chi connectivity index (χ0v) is 19.9. The van der Waals surface area contributed by atoms with Crippen molar-refractivity contribution in [2.24, 2.45) is 0 Å². The Labute approximate surface area is 193 Å². The van der Waals surface area contributed by atoms with E-state index in [2.05, 4.69) is 33.3 Å². The van der Waals surface area contributed by atoms with Crippen LogP contribution in [0.1, 0.15) is 36.0 Å². The predicted molar refractivity (Wildman–Crippen MR) is 126 cm³/mol. The largest absolute Gasteiger partial charge is 0.354 e. The Hall–Kier alpha value is -2.78. The molecule has 2 heterocycles. The highest BCUT2D eigenvalue weighted by molar-refractivity contribution is 7.15. The Balaban J connectivity index is 1.60. The van der Waals surface area contributed by atoms with E-state index in [0.29, 0.717) is 13.1 Å². The van der Waals surface area contributed by atoms with Crippen molar-refractivity contribution in [1.29, 1.82) is 0 Å². The molecule has 0 saturated heterocycles. The van der Waals surface area contributed by atoms with E-state index >= 15 is 0 Å². The molecule has 172 valence electrons. The van der Waals surface area contributed by atoms with Crippen molar-refractivity contribution in [3.05, 3.63) is 64.9 Å². The summed E-state index contributed by atoms with van der Waals surface area (Å²) in [4.78, 5) is 27.5. The van der Waals surface area contributed by atoms with Crippen LogP contribution in [-0.4, -0.2) is 64.5 Å². The SMILES string of the molecule is CCN(CCN(C=O)Cc1cnc(N(C)C)s1)Cc1cncn1C(C)c1ccc(F)cc1. The molecule has 0 saturated carbocycles. The number of halogens is 1. The number of benzene rings is 1. The third kappa shape index (κ3) is 6.14. The number of amides is 1. The molecular weight excluding hydrogens is 427 g/mol. The second-order valence-corrected chi connectivity index (χ2v) is 9.06. The van der Waals surface area contributed by atoms with Crippen LogP contribution in [0.5, 0.6) is 0 Å². The summed E-state index contributed by atoms with van der Waals surface area (Å²) in [6, 6.07) is 6.64. The zero-order chi connectivity index (χ0) is 23.1. The van der Waals surface area contributed by atoms with Gasteiger partial charge >= 0.3 is 0 Å². The van der Waals surface area contributed by atoms with Gasteiger partial charge in [-0.3, -0.25) is 9.69 Å². The van der Waals surface area contributed by atoms with Gasteiger partial charge in [-0.25, -0.2) is 14.4 Å². The van der Waals surface area contributed by atoms with E-state index < -0.39 is 0 Å². The van der Waals surface area contributed by atoms with Crippen LogP contribution >= 0.6 is 11.3 Å². The van der Waals surface area contributed by atoms with Crippen molar-refractivity contribution in [3.8, 4) is 0 Å². The fourth-order valence-corrected chi connectivity index (χ4v) is 4.36. The monoisotopic (exact) mass is 458 g/mol. The number of imidazole rings is 1. The molecule has 2 aromatic heterocycles. The molecule has 0 bridgehead atoms. The number of anilines is 1. The maximum atomic E-state index is 13.3. The summed E-state index contributed by atoms with van der Waals surface area (Å²) in [5.41, 5.74) is 2.11. The van der Waals surface area contributed by atoms with E-state index in [0.717, 1.165) is 47.3 Å². The second kappa shape index (κ2) is 11.2. The van der Waals surface area contributed by atoms with Crippen LogP contribution in [0.4, 0.5) is 9.52 Å². The number of nitrogens with zero attached hydrogens (tertiary/aromatic N) is 6. The molecule has 1 unspecified atom stereocenters. The quantitative estimate of drug-likeness (QED) is 0.388. The number of hydrogen-bond donors (Lipinski definition) is 0. The average molecular weight is 459 g/mol. The minimum absolute atomic E-state index is 0.0514. The number of hydrogen-bond acceptors (Lipinski definition) is 6. The van der Waals surface area contributed by atoms with Crippen LogP contribution in [0.3, 0.4) is 0 Å². The molecule has 7 nitrogen and oxygen atoms in total. The maximum Gasteiger partial charge on any atom is 0.210 e. The van der Waals surface area contributed by atoms with Gasteiger partial charge in [0.2, 0.25) is 6.41 Å². The first-order valence-electron chi connectivity index (χ1n) is 10.7. The molecular formula is C23H31FN6OS. The minimum Gasteiger partial charge on any atom is -0.354 e. The standard InChI is InChI=1S/C23H31FN6OS/c1-5-28(10-11-29(17-31)15-22-13-26-23(32-22)27(3)4)14-21-12-25-16-30(21)18(2)19-6-8-20(24)9-7-19/h6-9,12-13,16-18H,5,10-11,14-15H2,1-4H3. The van der Waals surface area contributed by atoms with Crippen LogP contribution in [0.15, 0.2) is 43.0 Å². The highest BCUT2D eigenvalue weighted by Gasteiger charge is 2.15. The molecule has 3 aromatic rings. The lowest BCUT2D eigenvalue weighted by Gasteiger charge is -2.25. The van der Waals surface area contributed by atoms with Crippen molar-refractivity contribution < 1.29 is 9.18 Å². The van der Waals surface area contributed by atoms with Crippen LogP contribution in [0, 0.1) is 5.82 Å². The van der Waals surface area contributed by atoms with Gasteiger partial charge in [0.25, 0.3) is 0 Å². The fraction of sp³-hybridized carbons (Fsp3) is 0.435. The van der Waals surface area contributed by atoms with Crippen LogP contribution in [-0.2, 0) is 17.9 Å². The van der Waals surface area contributed by atoms with Crippen molar-refractivity contribution in [3.63, 3.8) is 0 Å². The normalized spacial score (nSPS) is 12.2. The zero-order valence-electron chi connectivity index (χ0n) is 19.1. The molecule has 1 atom stereocenters. The van der Waals surface area contributed by atoms with Gasteiger partial charge in [0.1, 0.15) is 5.82 Å². The van der Waals surface area contributed by atoms with Crippen LogP contribution < -0.4 is 4.90 Å². The molecule has 3 rings (SSSR count). The highest BCUT2D eigenvalue weighted by Crippen LogP contribution is 2.22. The van der Waals surface area contributed by atoms with E-state index in [9.17, 15) is 9.18 Å². The van der Waals surface area contributed by atoms with Gasteiger partial charge in [-0.1, -0.05) is 19.1 Å². The summed E-state index contributed by atoms with van der Waals surface area (Å²) in [5.74, 6) is -0.236. The molecule has 1 aromatic carbocycles. The molecule has 0 N–H and O–H groups in total. The lowest BCUT2D eigenvalue weighted by molar-refractivity contribution is -0.118. The molecule has 0 aliphatic heterocycles. The van der Waals surface area contributed by atoms with Crippen molar-refractivity contribution in [2.75, 3.05) is 38.6 Å². The van der Waals surface area contributed by atoms with Gasteiger partial charge < -0.3 is 14.4 Å². The minimum atomic E-state index is -0.236. The molecule has 0 radical (unpaired) electrons. The average Bonchev–Trinajstić information content (AvgIpc) is 3.45. The van der Waals surface area contributed by atoms with Gasteiger partial charge in [0.15, 0.2) is 5.13 Å². The summed E-state index contributed by atoms with van der Waals surface area (Å²) >= 11 is 1.60. The number of carbonyl (C=O) groups is 1. The number of carbonyl (C=O) groups excluding carboxylic acids is 1. The molecule has 9 heteroatoms. The van der Waals surface area contributed by atoms with E-state index in [1.54, 1.807) is 16.2 Å². The topological polar surface area (TPSA) is 57.5 Å². The van der Waals surface area contributed by atoms with E-state index in [1.807, 2.05) is 49.8 Å². The van der Waals surface area contributed by atoms with Gasteiger partial charge in [0, 0.05) is 51.0 Å². The van der Waals surface area contributed by atoms with Gasteiger partial charge in [-0.2, -0.15) is 0 Å². The third-order valence-corrected chi connectivity index (χ3v) is 6.63. The lowest BCUT2D eigenvalue weighted by atomic mass is 10.1. The summed E-state index contributed by atoms with van der Waals surface area (Å²) < 4.78 is 15.4. The van der Waals surface area contributed by atoms with E-state index in [1.165, 1.54) is 12.1 Å². The van der Waals surface area contributed by atoms with E-state index in [4.69, 9.17) is 0 Å². The second-order valence-electron chi connectivity index (χ2n) is 7.97. The highest BCUT2D eigenvalue weighted by atomic mass is 32.1. The summed E-state index contributed by atoms with van der Waals surface area (Å²) in [7, 11) is 3.92. The summed E-state index contributed by atoms with van der Waals surface area (Å²) in [5, 5.41) is 0.935. The first-order chi connectivity index (χ1) is 15.4. The van der Waals surface area contributed by atoms with Crippen LogP contribution in [0.25, 0.3) is 0 Å². The molecule has 0 fully saturated rings. The number of thiazole rings is 1. The third-order valence-electron chi connectivity index (χ3n) is 5.48. The molecule has 32 heavy (non-hydrogen) atoms. The first kappa shape index (κ1) is 23.9. The number of rotatable bonds is 12. The smallest absolute Gasteiger partial charge is 0.210 e. The van der Waals surface area contributed by atoms with E-state index in [-0.39, 0.29) is 11.9 Å². The van der Waals surface area contributed by atoms with Crippen LogP contribution in [0.2, 0.25) is 0 Å². The van der Waals surface area contributed by atoms with Gasteiger partial charge in [0.05, 0.1) is 24.6 Å². The van der Waals surface area contributed by atoms with Crippen molar-refractivity contribution in [1.82, 2.24) is 24.3 Å². The Morgan fingerprint density at radius 3 is 2.53 bits per heavy atom. The Bertz CT molecular complexity index is 987. The molecule has 1 amide bonds. The molecule has 0 aliphatic carbocycles. The molecule has 0 spiro atoms. The number of likely N-dealkylation sites (N-methyl/N-ethyl adjacent to an activating group) is 1.